The fraction of sp³-hybridized carbons (Fsp3) is 1.00. The van der Waals surface area contributed by atoms with Crippen LogP contribution in [0, 0.1) is 0 Å². The van der Waals surface area contributed by atoms with Gasteiger partial charge < -0.3 is 10.2 Å². The van der Waals surface area contributed by atoms with Crippen LogP contribution in [-0.4, -0.2) is 56.5 Å². The molecule has 0 aromatic rings. The molecule has 0 bridgehead atoms. The third kappa shape index (κ3) is 4.52. The van der Waals surface area contributed by atoms with Crippen molar-refractivity contribution in [3.8, 4) is 0 Å². The highest BCUT2D eigenvalue weighted by Crippen LogP contribution is 2.18. The molecule has 0 saturated carbocycles. The molecule has 1 fully saturated rings. The topological polar surface area (TPSA) is 49.4 Å². The van der Waals surface area contributed by atoms with Crippen molar-refractivity contribution in [2.24, 2.45) is 0 Å². The van der Waals surface area contributed by atoms with Crippen LogP contribution in [-0.2, 0) is 9.84 Å². The van der Waals surface area contributed by atoms with Crippen molar-refractivity contribution < 1.29 is 8.42 Å². The highest BCUT2D eigenvalue weighted by atomic mass is 32.2. The average molecular weight is 276 g/mol. The number of hydrogen-bond acceptors (Lipinski definition) is 4. The van der Waals surface area contributed by atoms with E-state index in [1.54, 1.807) is 0 Å². The Hall–Kier alpha value is -0.130. The van der Waals surface area contributed by atoms with Crippen LogP contribution in [0.4, 0.5) is 0 Å². The summed E-state index contributed by atoms with van der Waals surface area (Å²) in [6.45, 7) is 9.51. The number of nitrogens with zero attached hydrogens (tertiary/aromatic N) is 1. The summed E-state index contributed by atoms with van der Waals surface area (Å²) in [5.74, 6) is 0. The molecule has 1 N–H and O–H groups in total. The van der Waals surface area contributed by atoms with E-state index in [0.717, 1.165) is 38.9 Å². The van der Waals surface area contributed by atoms with Gasteiger partial charge in [0, 0.05) is 18.8 Å². The Morgan fingerprint density at radius 2 is 2.00 bits per heavy atom. The van der Waals surface area contributed by atoms with Crippen molar-refractivity contribution in [1.29, 1.82) is 0 Å². The molecule has 4 nitrogen and oxygen atoms in total. The van der Waals surface area contributed by atoms with Crippen LogP contribution < -0.4 is 5.32 Å². The molecule has 0 aliphatic carbocycles. The number of sulfone groups is 1. The quantitative estimate of drug-likeness (QED) is 0.840. The zero-order valence-electron chi connectivity index (χ0n) is 12.2. The molecular weight excluding hydrogens is 248 g/mol. The number of hydrogen-bond donors (Lipinski definition) is 1. The molecule has 1 heterocycles. The molecule has 0 amide bonds. The maximum absolute atomic E-state index is 11.8. The second-order valence-electron chi connectivity index (χ2n) is 6.01. The van der Waals surface area contributed by atoms with Gasteiger partial charge in [-0.15, -0.1) is 0 Å². The molecule has 5 heteroatoms. The Bertz CT molecular complexity index is 352. The molecule has 0 radical (unpaired) electrons. The normalized spacial score (nSPS) is 24.6. The minimum atomic E-state index is -3.00. The first-order valence-electron chi connectivity index (χ1n) is 6.91. The van der Waals surface area contributed by atoms with Gasteiger partial charge in [0.05, 0.1) is 4.75 Å². The zero-order chi connectivity index (χ0) is 13.8. The summed E-state index contributed by atoms with van der Waals surface area (Å²) in [6, 6.07) is 0.578. The first kappa shape index (κ1) is 15.9. The van der Waals surface area contributed by atoms with Gasteiger partial charge in [-0.1, -0.05) is 6.92 Å². The van der Waals surface area contributed by atoms with Crippen molar-refractivity contribution in [1.82, 2.24) is 10.2 Å². The molecule has 1 saturated heterocycles. The molecule has 1 rings (SSSR count). The summed E-state index contributed by atoms with van der Waals surface area (Å²) in [4.78, 5) is 2.31. The average Bonchev–Trinajstić information content (AvgIpc) is 2.21. The minimum Gasteiger partial charge on any atom is -0.314 e. The van der Waals surface area contributed by atoms with Crippen molar-refractivity contribution in [2.45, 2.75) is 50.8 Å². The van der Waals surface area contributed by atoms with Crippen LogP contribution in [0.15, 0.2) is 0 Å². The Labute approximate surface area is 112 Å². The van der Waals surface area contributed by atoms with Crippen LogP contribution in [0.5, 0.6) is 0 Å². The van der Waals surface area contributed by atoms with Crippen LogP contribution >= 0.6 is 0 Å². The zero-order valence-corrected chi connectivity index (χ0v) is 13.0. The second-order valence-corrected chi connectivity index (χ2v) is 8.66. The molecular formula is C13H28N2O2S. The first-order valence-corrected chi connectivity index (χ1v) is 8.81. The monoisotopic (exact) mass is 276 g/mol. The van der Waals surface area contributed by atoms with Crippen LogP contribution in [0.1, 0.15) is 40.0 Å². The predicted octanol–water partition coefficient (Wildman–Crippen LogP) is 1.27. The Balaban J connectivity index is 2.60. The summed E-state index contributed by atoms with van der Waals surface area (Å²) >= 11 is 0. The molecule has 1 aliphatic rings. The van der Waals surface area contributed by atoms with E-state index in [0.29, 0.717) is 12.6 Å². The summed E-state index contributed by atoms with van der Waals surface area (Å²) in [5, 5.41) is 3.54. The molecule has 1 aliphatic heterocycles. The van der Waals surface area contributed by atoms with Gasteiger partial charge in [-0.2, -0.15) is 0 Å². The molecule has 0 spiro atoms. The van der Waals surface area contributed by atoms with E-state index in [-0.39, 0.29) is 0 Å². The molecule has 1 atom stereocenters. The molecule has 18 heavy (non-hydrogen) atoms. The van der Waals surface area contributed by atoms with Gasteiger partial charge >= 0.3 is 0 Å². The second kappa shape index (κ2) is 6.35. The fourth-order valence-corrected chi connectivity index (χ4v) is 2.74. The standard InChI is InChI=1S/C13H28N2O2S/c1-5-12-7-10-15(9-6-8-14-12)11-13(2,3)18(4,16)17/h12,14H,5-11H2,1-4H3. The Morgan fingerprint density at radius 1 is 1.33 bits per heavy atom. The van der Waals surface area contributed by atoms with E-state index in [1.165, 1.54) is 6.26 Å². The third-order valence-electron chi connectivity index (χ3n) is 3.98. The summed E-state index contributed by atoms with van der Waals surface area (Å²) < 4.78 is 22.9. The van der Waals surface area contributed by atoms with E-state index < -0.39 is 14.6 Å². The molecule has 0 aromatic carbocycles. The fourth-order valence-electron chi connectivity index (χ4n) is 2.32. The van der Waals surface area contributed by atoms with Crippen molar-refractivity contribution in [3.05, 3.63) is 0 Å². The van der Waals surface area contributed by atoms with E-state index in [4.69, 9.17) is 0 Å². The number of nitrogens with one attached hydrogen (secondary N) is 1. The van der Waals surface area contributed by atoms with E-state index in [2.05, 4.69) is 17.1 Å². The van der Waals surface area contributed by atoms with Gasteiger partial charge in [0.2, 0.25) is 0 Å². The summed E-state index contributed by atoms with van der Waals surface area (Å²) in [7, 11) is -3.00. The van der Waals surface area contributed by atoms with Crippen molar-refractivity contribution in [3.63, 3.8) is 0 Å². The highest BCUT2D eigenvalue weighted by molar-refractivity contribution is 7.92. The van der Waals surface area contributed by atoms with E-state index in [9.17, 15) is 8.42 Å². The van der Waals surface area contributed by atoms with Gasteiger partial charge in [-0.05, 0) is 52.7 Å². The van der Waals surface area contributed by atoms with Gasteiger partial charge in [-0.3, -0.25) is 0 Å². The van der Waals surface area contributed by atoms with Gasteiger partial charge in [0.15, 0.2) is 9.84 Å². The lowest BCUT2D eigenvalue weighted by Gasteiger charge is -2.34. The lowest BCUT2D eigenvalue weighted by molar-refractivity contribution is 0.216. The van der Waals surface area contributed by atoms with Crippen molar-refractivity contribution in [2.75, 3.05) is 32.4 Å². The number of rotatable bonds is 4. The van der Waals surface area contributed by atoms with E-state index in [1.807, 2.05) is 13.8 Å². The van der Waals surface area contributed by atoms with Crippen LogP contribution in [0.2, 0.25) is 0 Å². The lowest BCUT2D eigenvalue weighted by Crippen LogP contribution is -2.47. The summed E-state index contributed by atoms with van der Waals surface area (Å²) in [5.41, 5.74) is 0. The predicted molar refractivity (Wildman–Crippen MR) is 76.7 cm³/mol. The minimum absolute atomic E-state index is 0.578. The van der Waals surface area contributed by atoms with Crippen molar-refractivity contribution >= 4 is 9.84 Å². The maximum atomic E-state index is 11.8. The largest absolute Gasteiger partial charge is 0.314 e. The van der Waals surface area contributed by atoms with Gasteiger partial charge in [0.25, 0.3) is 0 Å². The Kier molecular flexibility index (Phi) is 5.62. The Morgan fingerprint density at radius 3 is 2.56 bits per heavy atom. The summed E-state index contributed by atoms with van der Waals surface area (Å²) in [6.07, 6.45) is 4.68. The van der Waals surface area contributed by atoms with Crippen LogP contribution in [0.3, 0.4) is 0 Å². The lowest BCUT2D eigenvalue weighted by atomic mass is 10.1. The SMILES string of the molecule is CCC1CCN(CC(C)(C)S(C)(=O)=O)CCCN1. The smallest absolute Gasteiger partial charge is 0.153 e. The first-order chi connectivity index (χ1) is 8.26. The van der Waals surface area contributed by atoms with Gasteiger partial charge in [-0.25, -0.2) is 8.42 Å². The maximum Gasteiger partial charge on any atom is 0.153 e. The molecule has 1 unspecified atom stereocenters. The third-order valence-corrected chi connectivity index (χ3v) is 6.12. The van der Waals surface area contributed by atoms with Gasteiger partial charge in [0.1, 0.15) is 0 Å². The van der Waals surface area contributed by atoms with Crippen LogP contribution in [0.25, 0.3) is 0 Å². The molecule has 0 aromatic heterocycles. The highest BCUT2D eigenvalue weighted by Gasteiger charge is 2.32. The molecule has 108 valence electrons. The van der Waals surface area contributed by atoms with E-state index >= 15 is 0 Å².